The minimum atomic E-state index is -0.0710. The lowest BCUT2D eigenvalue weighted by molar-refractivity contribution is 0.0732. The number of likely N-dealkylation sites (tertiary alicyclic amines) is 1. The van der Waals surface area contributed by atoms with Crippen LogP contribution in [0.25, 0.3) is 11.1 Å². The number of hydrogen-bond acceptors (Lipinski definition) is 5. The fourth-order valence-corrected chi connectivity index (χ4v) is 4.17. The van der Waals surface area contributed by atoms with Gasteiger partial charge >= 0.3 is 0 Å². The number of nitrogens with zero attached hydrogens (tertiary/aromatic N) is 6. The Morgan fingerprint density at radius 3 is 2.73 bits per heavy atom. The molecule has 4 rings (SSSR count). The van der Waals surface area contributed by atoms with Crippen molar-refractivity contribution in [3.8, 4) is 11.1 Å². The molecule has 1 saturated heterocycles. The molecule has 30 heavy (non-hydrogen) atoms. The minimum Gasteiger partial charge on any atom is -0.330 e. The molecule has 4 heterocycles. The van der Waals surface area contributed by atoms with E-state index in [0.29, 0.717) is 5.56 Å². The Kier molecular flexibility index (Phi) is 5.61. The summed E-state index contributed by atoms with van der Waals surface area (Å²) >= 11 is 0. The third kappa shape index (κ3) is 3.60. The van der Waals surface area contributed by atoms with Crippen molar-refractivity contribution < 1.29 is 4.79 Å². The molecule has 0 saturated carbocycles. The third-order valence-electron chi connectivity index (χ3n) is 5.95. The number of rotatable bonds is 5. The van der Waals surface area contributed by atoms with Crippen molar-refractivity contribution in [1.29, 1.82) is 0 Å². The van der Waals surface area contributed by atoms with Crippen molar-refractivity contribution in [2.24, 2.45) is 7.05 Å². The summed E-state index contributed by atoms with van der Waals surface area (Å²) in [5.41, 5.74) is 5.61. The maximum absolute atomic E-state index is 13.4. The Morgan fingerprint density at radius 2 is 2.03 bits per heavy atom. The predicted molar refractivity (Wildman–Crippen MR) is 115 cm³/mol. The van der Waals surface area contributed by atoms with Gasteiger partial charge in [0, 0.05) is 49.9 Å². The monoisotopic (exact) mass is 404 g/mol. The lowest BCUT2D eigenvalue weighted by Gasteiger charge is -2.26. The Labute approximate surface area is 177 Å². The first-order valence-corrected chi connectivity index (χ1v) is 10.6. The van der Waals surface area contributed by atoms with Crippen LogP contribution in [-0.4, -0.2) is 42.1 Å². The lowest BCUT2D eigenvalue weighted by atomic mass is 9.97. The van der Waals surface area contributed by atoms with Crippen LogP contribution in [0.4, 0.5) is 0 Å². The van der Waals surface area contributed by atoms with Gasteiger partial charge in [0.1, 0.15) is 5.82 Å². The Balaban J connectivity index is 1.79. The van der Waals surface area contributed by atoms with Crippen LogP contribution < -0.4 is 0 Å². The van der Waals surface area contributed by atoms with E-state index in [-0.39, 0.29) is 11.9 Å². The summed E-state index contributed by atoms with van der Waals surface area (Å²) in [6, 6.07) is 1.93. The highest BCUT2D eigenvalue weighted by Gasteiger charge is 2.35. The normalized spacial score (nSPS) is 16.3. The van der Waals surface area contributed by atoms with E-state index >= 15 is 0 Å². The van der Waals surface area contributed by atoms with Crippen LogP contribution in [0.5, 0.6) is 0 Å². The quantitative estimate of drug-likeness (QED) is 0.646. The van der Waals surface area contributed by atoms with Crippen molar-refractivity contribution >= 4 is 5.91 Å². The molecule has 0 bridgehead atoms. The average molecular weight is 405 g/mol. The van der Waals surface area contributed by atoms with Gasteiger partial charge in [0.15, 0.2) is 0 Å². The molecule has 1 atom stereocenters. The van der Waals surface area contributed by atoms with E-state index in [2.05, 4.69) is 22.0 Å². The van der Waals surface area contributed by atoms with Gasteiger partial charge < -0.3 is 4.90 Å². The van der Waals surface area contributed by atoms with Crippen LogP contribution in [0, 0.1) is 13.8 Å². The summed E-state index contributed by atoms with van der Waals surface area (Å²) in [5.74, 6) is 0.857. The third-order valence-corrected chi connectivity index (χ3v) is 5.95. The molecule has 1 amide bonds. The molecule has 7 nitrogen and oxygen atoms in total. The average Bonchev–Trinajstić information content (AvgIpc) is 3.36. The summed E-state index contributed by atoms with van der Waals surface area (Å²) in [5, 5.41) is 4.26. The van der Waals surface area contributed by atoms with E-state index in [1.807, 2.05) is 44.3 Å². The number of amides is 1. The Bertz CT molecular complexity index is 1070. The second kappa shape index (κ2) is 8.34. The van der Waals surface area contributed by atoms with Crippen molar-refractivity contribution in [3.63, 3.8) is 0 Å². The molecule has 3 aromatic heterocycles. The molecule has 1 aliphatic rings. The van der Waals surface area contributed by atoms with Gasteiger partial charge in [-0.3, -0.25) is 14.5 Å². The van der Waals surface area contributed by atoms with Gasteiger partial charge in [-0.05, 0) is 50.3 Å². The van der Waals surface area contributed by atoms with Crippen LogP contribution >= 0.6 is 0 Å². The zero-order valence-electron chi connectivity index (χ0n) is 18.1. The molecule has 0 spiro atoms. The zero-order chi connectivity index (χ0) is 21.3. The molecular formula is C23H28N6O. The van der Waals surface area contributed by atoms with Gasteiger partial charge in [-0.1, -0.05) is 6.92 Å². The van der Waals surface area contributed by atoms with E-state index in [9.17, 15) is 4.79 Å². The predicted octanol–water partition coefficient (Wildman–Crippen LogP) is 3.82. The first kappa shape index (κ1) is 20.2. The molecular weight excluding hydrogens is 376 g/mol. The van der Waals surface area contributed by atoms with Crippen LogP contribution in [0.3, 0.4) is 0 Å². The first-order chi connectivity index (χ1) is 14.5. The molecule has 1 fully saturated rings. The fourth-order valence-electron chi connectivity index (χ4n) is 4.17. The molecule has 0 aliphatic carbocycles. The SMILES string of the molecule is CCCc1ncc(-c2ccncc2C)c([C@H]2CCCN2C(=O)c2cnn(C)c2C)n1. The summed E-state index contributed by atoms with van der Waals surface area (Å²) in [4.78, 5) is 29.2. The highest BCUT2D eigenvalue weighted by Crippen LogP contribution is 2.38. The highest BCUT2D eigenvalue weighted by atomic mass is 16.2. The Morgan fingerprint density at radius 1 is 1.20 bits per heavy atom. The number of carbonyl (C=O) groups is 1. The molecule has 3 aromatic rings. The fraction of sp³-hybridized carbons (Fsp3) is 0.435. The van der Waals surface area contributed by atoms with E-state index in [1.165, 1.54) is 0 Å². The number of carbonyl (C=O) groups excluding carboxylic acids is 1. The molecule has 7 heteroatoms. The van der Waals surface area contributed by atoms with Crippen LogP contribution in [0.2, 0.25) is 0 Å². The van der Waals surface area contributed by atoms with Gasteiger partial charge in [-0.15, -0.1) is 0 Å². The molecule has 156 valence electrons. The summed E-state index contributed by atoms with van der Waals surface area (Å²) in [6.45, 7) is 6.82. The molecule has 1 aliphatic heterocycles. The Hall–Kier alpha value is -3.09. The number of aromatic nitrogens is 5. The summed E-state index contributed by atoms with van der Waals surface area (Å²) < 4.78 is 1.74. The molecule has 0 aromatic carbocycles. The lowest BCUT2D eigenvalue weighted by Crippen LogP contribution is -2.32. The second-order valence-electron chi connectivity index (χ2n) is 7.95. The van der Waals surface area contributed by atoms with Crippen molar-refractivity contribution in [2.45, 2.75) is 52.5 Å². The smallest absolute Gasteiger partial charge is 0.257 e. The van der Waals surface area contributed by atoms with Crippen molar-refractivity contribution in [3.05, 3.63) is 59.2 Å². The van der Waals surface area contributed by atoms with E-state index in [4.69, 9.17) is 4.98 Å². The topological polar surface area (TPSA) is 76.8 Å². The van der Waals surface area contributed by atoms with Gasteiger partial charge in [-0.2, -0.15) is 5.10 Å². The summed E-state index contributed by atoms with van der Waals surface area (Å²) in [6.07, 6.45) is 10.9. The van der Waals surface area contributed by atoms with Crippen molar-refractivity contribution in [2.75, 3.05) is 6.54 Å². The van der Waals surface area contributed by atoms with E-state index in [0.717, 1.165) is 66.1 Å². The largest absolute Gasteiger partial charge is 0.330 e. The maximum atomic E-state index is 13.4. The highest BCUT2D eigenvalue weighted by molar-refractivity contribution is 5.95. The maximum Gasteiger partial charge on any atom is 0.257 e. The zero-order valence-corrected chi connectivity index (χ0v) is 18.1. The first-order valence-electron chi connectivity index (χ1n) is 10.6. The molecule has 0 radical (unpaired) electrons. The van der Waals surface area contributed by atoms with Crippen molar-refractivity contribution in [1.82, 2.24) is 29.6 Å². The molecule has 0 N–H and O–H groups in total. The molecule has 0 unspecified atom stereocenters. The van der Waals surface area contributed by atoms with E-state index in [1.54, 1.807) is 17.1 Å². The number of hydrogen-bond donors (Lipinski definition) is 0. The van der Waals surface area contributed by atoms with Gasteiger partial charge in [-0.25, -0.2) is 9.97 Å². The van der Waals surface area contributed by atoms with Crippen LogP contribution in [0.15, 0.2) is 30.9 Å². The summed E-state index contributed by atoms with van der Waals surface area (Å²) in [7, 11) is 1.86. The van der Waals surface area contributed by atoms with Gasteiger partial charge in [0.25, 0.3) is 5.91 Å². The standard InChI is InChI=1S/C23H28N6O/c1-5-7-21-25-13-19(17-9-10-24-12-15(17)2)22(27-21)20-8-6-11-29(20)23(30)18-14-26-28(4)16(18)3/h9-10,12-14,20H,5-8,11H2,1-4H3/t20-/m1/s1. The van der Waals surface area contributed by atoms with Crippen LogP contribution in [0.1, 0.15) is 65.4 Å². The van der Waals surface area contributed by atoms with Crippen LogP contribution in [-0.2, 0) is 13.5 Å². The minimum absolute atomic E-state index is 0.0242. The van der Waals surface area contributed by atoms with E-state index < -0.39 is 0 Å². The van der Waals surface area contributed by atoms with Gasteiger partial charge in [0.05, 0.1) is 23.5 Å². The van der Waals surface area contributed by atoms with Gasteiger partial charge in [0.2, 0.25) is 0 Å². The number of aryl methyl sites for hydroxylation is 3. The number of pyridine rings is 1. The second-order valence-corrected chi connectivity index (χ2v) is 7.95.